The highest BCUT2D eigenvalue weighted by Crippen LogP contribution is 2.33. The highest BCUT2D eigenvalue weighted by atomic mass is 35.5. The Morgan fingerprint density at radius 2 is 1.82 bits per heavy atom. The van der Waals surface area contributed by atoms with Crippen LogP contribution in [0.4, 0.5) is 18.9 Å². The maximum atomic E-state index is 13.1. The summed E-state index contributed by atoms with van der Waals surface area (Å²) >= 11 is 5.76. The lowest BCUT2D eigenvalue weighted by molar-refractivity contribution is -0.137. The van der Waals surface area contributed by atoms with E-state index in [2.05, 4.69) is 11.9 Å². The van der Waals surface area contributed by atoms with Gasteiger partial charge in [0.05, 0.1) is 16.1 Å². The van der Waals surface area contributed by atoms with Gasteiger partial charge in [0, 0.05) is 11.6 Å². The molecule has 0 aliphatic heterocycles. The van der Waals surface area contributed by atoms with Crippen molar-refractivity contribution < 1.29 is 26.4 Å². The van der Waals surface area contributed by atoms with Gasteiger partial charge in [0.25, 0.3) is 10.0 Å². The fourth-order valence-corrected chi connectivity index (χ4v) is 3.80. The lowest BCUT2D eigenvalue weighted by Gasteiger charge is -2.24. The third-order valence-electron chi connectivity index (χ3n) is 3.59. The Bertz CT molecular complexity index is 961. The number of hydrogen-bond donors (Lipinski definition) is 1. The molecule has 0 bridgehead atoms. The van der Waals surface area contributed by atoms with Crippen molar-refractivity contribution in [2.24, 2.45) is 0 Å². The average Bonchev–Trinajstić information content (AvgIpc) is 2.64. The molecule has 1 amide bonds. The van der Waals surface area contributed by atoms with Crippen molar-refractivity contribution in [2.45, 2.75) is 11.1 Å². The number of amides is 1. The number of halogens is 4. The Morgan fingerprint density at radius 3 is 2.39 bits per heavy atom. The van der Waals surface area contributed by atoms with E-state index in [-0.39, 0.29) is 22.2 Å². The van der Waals surface area contributed by atoms with Crippen molar-refractivity contribution in [3.63, 3.8) is 0 Å². The van der Waals surface area contributed by atoms with Crippen LogP contribution in [0.25, 0.3) is 0 Å². The average molecular weight is 433 g/mol. The molecule has 1 N–H and O–H groups in total. The van der Waals surface area contributed by atoms with Gasteiger partial charge in [-0.2, -0.15) is 13.2 Å². The summed E-state index contributed by atoms with van der Waals surface area (Å²) in [6, 6.07) is 8.82. The van der Waals surface area contributed by atoms with E-state index >= 15 is 0 Å². The zero-order chi connectivity index (χ0) is 20.9. The summed E-state index contributed by atoms with van der Waals surface area (Å²) in [6.07, 6.45) is -3.28. The molecule has 0 heterocycles. The van der Waals surface area contributed by atoms with Crippen molar-refractivity contribution >= 4 is 33.2 Å². The molecule has 0 fully saturated rings. The van der Waals surface area contributed by atoms with Gasteiger partial charge >= 0.3 is 6.18 Å². The Balaban J connectivity index is 2.52. The van der Waals surface area contributed by atoms with E-state index in [9.17, 15) is 26.4 Å². The fraction of sp³-hybridized carbons (Fsp3) is 0.167. The molecule has 0 aliphatic carbocycles. The number of rotatable bonds is 7. The molecule has 150 valence electrons. The van der Waals surface area contributed by atoms with Crippen LogP contribution in [0, 0.1) is 0 Å². The molecule has 2 rings (SSSR count). The third kappa shape index (κ3) is 5.26. The molecule has 0 unspecified atom stereocenters. The van der Waals surface area contributed by atoms with E-state index in [1.165, 1.54) is 36.4 Å². The summed E-state index contributed by atoms with van der Waals surface area (Å²) in [5.41, 5.74) is -1.33. The quantitative estimate of drug-likeness (QED) is 0.676. The molecule has 0 atom stereocenters. The molecule has 2 aromatic carbocycles. The van der Waals surface area contributed by atoms with Crippen LogP contribution in [0.5, 0.6) is 0 Å². The topological polar surface area (TPSA) is 66.5 Å². The molecule has 0 saturated carbocycles. The van der Waals surface area contributed by atoms with Crippen LogP contribution in [0.15, 0.2) is 66.1 Å². The zero-order valence-corrected chi connectivity index (χ0v) is 16.0. The number of nitrogens with one attached hydrogen (secondary N) is 1. The molecular weight excluding hydrogens is 417 g/mol. The van der Waals surface area contributed by atoms with E-state index in [1.54, 1.807) is 0 Å². The SMILES string of the molecule is C=CCNC(=O)CN(c1cccc(C(F)(F)F)c1)S(=O)(=O)c1ccc(Cl)cc1. The summed E-state index contributed by atoms with van der Waals surface area (Å²) in [7, 11) is -4.33. The highest BCUT2D eigenvalue weighted by Gasteiger charge is 2.33. The van der Waals surface area contributed by atoms with Crippen molar-refractivity contribution in [3.8, 4) is 0 Å². The van der Waals surface area contributed by atoms with Crippen LogP contribution in [0.3, 0.4) is 0 Å². The lowest BCUT2D eigenvalue weighted by atomic mass is 10.2. The predicted octanol–water partition coefficient (Wildman–Crippen LogP) is 3.86. The number of alkyl halides is 3. The molecule has 2 aromatic rings. The minimum atomic E-state index is -4.67. The largest absolute Gasteiger partial charge is 0.416 e. The molecular formula is C18H16ClF3N2O3S. The maximum absolute atomic E-state index is 13.1. The summed E-state index contributed by atoms with van der Waals surface area (Å²) in [5.74, 6) is -0.699. The Hall–Kier alpha value is -2.52. The summed E-state index contributed by atoms with van der Waals surface area (Å²) in [4.78, 5) is 11.9. The molecule has 0 radical (unpaired) electrons. The van der Waals surface area contributed by atoms with Crippen LogP contribution in [0.2, 0.25) is 5.02 Å². The molecule has 0 spiro atoms. The first kappa shape index (κ1) is 21.8. The predicted molar refractivity (Wildman–Crippen MR) is 101 cm³/mol. The number of anilines is 1. The first-order valence-electron chi connectivity index (χ1n) is 7.89. The van der Waals surface area contributed by atoms with Gasteiger partial charge in [0.15, 0.2) is 0 Å². The van der Waals surface area contributed by atoms with Crippen molar-refractivity contribution in [1.29, 1.82) is 0 Å². The van der Waals surface area contributed by atoms with E-state index in [0.29, 0.717) is 10.4 Å². The molecule has 10 heteroatoms. The normalized spacial score (nSPS) is 11.7. The van der Waals surface area contributed by atoms with E-state index < -0.39 is 34.2 Å². The van der Waals surface area contributed by atoms with Crippen LogP contribution >= 0.6 is 11.6 Å². The number of sulfonamides is 1. The zero-order valence-electron chi connectivity index (χ0n) is 14.4. The second kappa shape index (κ2) is 8.66. The number of benzene rings is 2. The van der Waals surface area contributed by atoms with E-state index in [1.807, 2.05) is 0 Å². The standard InChI is InChI=1S/C18H16ClF3N2O3S/c1-2-10-23-17(25)12-24(15-5-3-4-13(11-15)18(20,21)22)28(26,27)16-8-6-14(19)7-9-16/h2-9,11H,1,10,12H2,(H,23,25). The van der Waals surface area contributed by atoms with Crippen molar-refractivity contribution in [2.75, 3.05) is 17.4 Å². The first-order valence-corrected chi connectivity index (χ1v) is 9.70. The van der Waals surface area contributed by atoms with E-state index in [0.717, 1.165) is 12.1 Å². The summed E-state index contributed by atoms with van der Waals surface area (Å²) in [6.45, 7) is 2.80. The van der Waals surface area contributed by atoms with Crippen LogP contribution in [0.1, 0.15) is 5.56 Å². The van der Waals surface area contributed by atoms with Crippen molar-refractivity contribution in [3.05, 3.63) is 71.8 Å². The number of hydrogen-bond acceptors (Lipinski definition) is 3. The summed E-state index contributed by atoms with van der Waals surface area (Å²) in [5, 5.41) is 2.69. The van der Waals surface area contributed by atoms with Crippen LogP contribution in [-0.4, -0.2) is 27.4 Å². The van der Waals surface area contributed by atoms with Gasteiger partial charge < -0.3 is 5.32 Å². The lowest BCUT2D eigenvalue weighted by Crippen LogP contribution is -2.41. The van der Waals surface area contributed by atoms with Gasteiger partial charge in [-0.1, -0.05) is 23.7 Å². The van der Waals surface area contributed by atoms with Gasteiger partial charge in [0.2, 0.25) is 5.91 Å². The fourth-order valence-electron chi connectivity index (χ4n) is 2.26. The van der Waals surface area contributed by atoms with E-state index in [4.69, 9.17) is 11.6 Å². The van der Waals surface area contributed by atoms with Gasteiger partial charge in [0.1, 0.15) is 6.54 Å². The molecule has 0 aliphatic rings. The smallest absolute Gasteiger partial charge is 0.351 e. The summed E-state index contributed by atoms with van der Waals surface area (Å²) < 4.78 is 65.8. The van der Waals surface area contributed by atoms with Gasteiger partial charge in [-0.3, -0.25) is 9.10 Å². The van der Waals surface area contributed by atoms with Crippen molar-refractivity contribution in [1.82, 2.24) is 5.32 Å². The van der Waals surface area contributed by atoms with Gasteiger partial charge in [-0.25, -0.2) is 8.42 Å². The number of nitrogens with zero attached hydrogens (tertiary/aromatic N) is 1. The maximum Gasteiger partial charge on any atom is 0.416 e. The number of carbonyl (C=O) groups is 1. The van der Waals surface area contributed by atoms with Crippen LogP contribution in [-0.2, 0) is 21.0 Å². The Labute approximate surface area is 165 Å². The first-order chi connectivity index (χ1) is 13.1. The second-order valence-electron chi connectivity index (χ2n) is 5.61. The highest BCUT2D eigenvalue weighted by molar-refractivity contribution is 7.92. The third-order valence-corrected chi connectivity index (χ3v) is 5.63. The molecule has 5 nitrogen and oxygen atoms in total. The minimum Gasteiger partial charge on any atom is -0.351 e. The Morgan fingerprint density at radius 1 is 1.18 bits per heavy atom. The second-order valence-corrected chi connectivity index (χ2v) is 7.91. The minimum absolute atomic E-state index is 0.0796. The molecule has 0 saturated heterocycles. The monoisotopic (exact) mass is 432 g/mol. The van der Waals surface area contributed by atoms with Gasteiger partial charge in [-0.05, 0) is 42.5 Å². The number of carbonyl (C=O) groups excluding carboxylic acids is 1. The molecule has 0 aromatic heterocycles. The molecule has 28 heavy (non-hydrogen) atoms. The van der Waals surface area contributed by atoms with Crippen LogP contribution < -0.4 is 9.62 Å². The van der Waals surface area contributed by atoms with Gasteiger partial charge in [-0.15, -0.1) is 6.58 Å². The Kier molecular flexibility index (Phi) is 6.73.